The summed E-state index contributed by atoms with van der Waals surface area (Å²) in [6, 6.07) is 22.5. The standard InChI is InChI=1S/C26H26F2O/c27-24-12-8-11-23(25(24)28)26(17-6-1-2-7-18-26)21-13-15-22(16-14-21)29-19-20-9-4-3-5-10-20/h3-5,8-16H,1-2,6-7,17-19H2. The highest BCUT2D eigenvalue weighted by molar-refractivity contribution is 5.43. The van der Waals surface area contributed by atoms with Gasteiger partial charge in [0, 0.05) is 11.0 Å². The second-order valence-electron chi connectivity index (χ2n) is 7.90. The van der Waals surface area contributed by atoms with Gasteiger partial charge in [0.25, 0.3) is 0 Å². The molecule has 0 aromatic heterocycles. The summed E-state index contributed by atoms with van der Waals surface area (Å²) in [6.07, 6.45) is 5.97. The van der Waals surface area contributed by atoms with Crippen LogP contribution < -0.4 is 4.74 Å². The molecule has 0 spiro atoms. The highest BCUT2D eigenvalue weighted by Gasteiger charge is 2.37. The Morgan fingerprint density at radius 1 is 0.724 bits per heavy atom. The van der Waals surface area contributed by atoms with E-state index in [4.69, 9.17) is 4.74 Å². The van der Waals surface area contributed by atoms with Crippen LogP contribution in [0.3, 0.4) is 0 Å². The Balaban J connectivity index is 1.63. The molecule has 0 radical (unpaired) electrons. The zero-order valence-electron chi connectivity index (χ0n) is 16.5. The zero-order valence-corrected chi connectivity index (χ0v) is 16.5. The topological polar surface area (TPSA) is 9.23 Å². The van der Waals surface area contributed by atoms with E-state index >= 15 is 0 Å². The van der Waals surface area contributed by atoms with Crippen LogP contribution in [0, 0.1) is 11.6 Å². The van der Waals surface area contributed by atoms with E-state index in [2.05, 4.69) is 0 Å². The second kappa shape index (κ2) is 8.77. The predicted molar refractivity (Wildman–Crippen MR) is 112 cm³/mol. The van der Waals surface area contributed by atoms with E-state index in [1.54, 1.807) is 12.1 Å². The summed E-state index contributed by atoms with van der Waals surface area (Å²) in [6.45, 7) is 0.504. The van der Waals surface area contributed by atoms with Gasteiger partial charge in [0.05, 0.1) is 0 Å². The van der Waals surface area contributed by atoms with Gasteiger partial charge < -0.3 is 4.74 Å². The van der Waals surface area contributed by atoms with Crippen molar-refractivity contribution < 1.29 is 13.5 Å². The number of halogens is 2. The molecule has 1 nitrogen and oxygen atoms in total. The fourth-order valence-corrected chi connectivity index (χ4v) is 4.53. The van der Waals surface area contributed by atoms with Gasteiger partial charge in [0.1, 0.15) is 12.4 Å². The third-order valence-electron chi connectivity index (χ3n) is 6.08. The Kier molecular flexibility index (Phi) is 5.94. The van der Waals surface area contributed by atoms with Crippen molar-refractivity contribution in [1.29, 1.82) is 0 Å². The first-order valence-corrected chi connectivity index (χ1v) is 10.4. The molecule has 0 atom stereocenters. The Bertz CT molecular complexity index is 927. The fourth-order valence-electron chi connectivity index (χ4n) is 4.53. The highest BCUT2D eigenvalue weighted by atomic mass is 19.2. The maximum Gasteiger partial charge on any atom is 0.162 e. The van der Waals surface area contributed by atoms with Gasteiger partial charge in [0.2, 0.25) is 0 Å². The molecular weight excluding hydrogens is 366 g/mol. The number of rotatable bonds is 5. The van der Waals surface area contributed by atoms with Gasteiger partial charge in [-0.05, 0) is 42.2 Å². The molecule has 1 fully saturated rings. The van der Waals surface area contributed by atoms with Crippen LogP contribution >= 0.6 is 0 Å². The minimum absolute atomic E-state index is 0.484. The zero-order chi connectivity index (χ0) is 20.1. The number of hydrogen-bond acceptors (Lipinski definition) is 1. The van der Waals surface area contributed by atoms with E-state index in [-0.39, 0.29) is 0 Å². The average molecular weight is 392 g/mol. The van der Waals surface area contributed by atoms with Crippen LogP contribution in [0.5, 0.6) is 5.75 Å². The van der Waals surface area contributed by atoms with Gasteiger partial charge in [-0.25, -0.2) is 8.78 Å². The van der Waals surface area contributed by atoms with Crippen molar-refractivity contribution in [1.82, 2.24) is 0 Å². The first kappa shape index (κ1) is 19.6. The molecule has 1 aliphatic carbocycles. The maximum atomic E-state index is 14.8. The van der Waals surface area contributed by atoms with E-state index in [0.29, 0.717) is 12.2 Å². The van der Waals surface area contributed by atoms with Crippen molar-refractivity contribution in [2.75, 3.05) is 0 Å². The summed E-state index contributed by atoms with van der Waals surface area (Å²) in [5.41, 5.74) is 2.15. The normalized spacial score (nSPS) is 16.2. The van der Waals surface area contributed by atoms with Gasteiger partial charge in [-0.3, -0.25) is 0 Å². The smallest absolute Gasteiger partial charge is 0.162 e. The first-order chi connectivity index (χ1) is 14.2. The highest BCUT2D eigenvalue weighted by Crippen LogP contribution is 2.45. The molecule has 0 heterocycles. The molecule has 1 aliphatic rings. The number of ether oxygens (including phenoxy) is 1. The number of benzene rings is 3. The van der Waals surface area contributed by atoms with E-state index in [9.17, 15) is 8.78 Å². The molecule has 0 unspecified atom stereocenters. The van der Waals surface area contributed by atoms with Gasteiger partial charge in [0.15, 0.2) is 11.6 Å². The molecule has 29 heavy (non-hydrogen) atoms. The molecule has 4 rings (SSSR count). The minimum atomic E-state index is -0.770. The quantitative estimate of drug-likeness (QED) is 0.418. The van der Waals surface area contributed by atoms with Crippen LogP contribution in [-0.4, -0.2) is 0 Å². The number of hydrogen-bond donors (Lipinski definition) is 0. The molecular formula is C26H26F2O. The molecule has 3 heteroatoms. The fraction of sp³-hybridized carbons (Fsp3) is 0.308. The lowest BCUT2D eigenvalue weighted by Gasteiger charge is -2.34. The van der Waals surface area contributed by atoms with Gasteiger partial charge >= 0.3 is 0 Å². The van der Waals surface area contributed by atoms with Gasteiger partial charge in [-0.1, -0.05) is 80.3 Å². The summed E-state index contributed by atoms with van der Waals surface area (Å²) in [7, 11) is 0. The van der Waals surface area contributed by atoms with Crippen molar-refractivity contribution in [3.05, 3.63) is 101 Å². The Labute approximate surface area is 171 Å². The lowest BCUT2D eigenvalue weighted by Crippen LogP contribution is -2.28. The summed E-state index contributed by atoms with van der Waals surface area (Å²) in [5.74, 6) is -0.700. The Hall–Kier alpha value is -2.68. The third kappa shape index (κ3) is 4.19. The van der Waals surface area contributed by atoms with Crippen LogP contribution in [0.1, 0.15) is 55.2 Å². The van der Waals surface area contributed by atoms with Crippen LogP contribution in [0.4, 0.5) is 8.78 Å². The molecule has 0 aliphatic heterocycles. The molecule has 3 aromatic rings. The second-order valence-corrected chi connectivity index (χ2v) is 7.90. The van der Waals surface area contributed by atoms with Crippen LogP contribution in [0.2, 0.25) is 0 Å². The molecule has 150 valence electrons. The molecule has 1 saturated carbocycles. The summed E-state index contributed by atoms with van der Waals surface area (Å²) < 4.78 is 34.8. The van der Waals surface area contributed by atoms with Crippen molar-refractivity contribution in [3.63, 3.8) is 0 Å². The molecule has 0 saturated heterocycles. The monoisotopic (exact) mass is 392 g/mol. The van der Waals surface area contributed by atoms with Crippen LogP contribution in [0.25, 0.3) is 0 Å². The summed E-state index contributed by atoms with van der Waals surface area (Å²) in [4.78, 5) is 0. The van der Waals surface area contributed by atoms with E-state index in [1.807, 2.05) is 54.6 Å². The minimum Gasteiger partial charge on any atom is -0.489 e. The van der Waals surface area contributed by atoms with Gasteiger partial charge in [-0.2, -0.15) is 0 Å². The van der Waals surface area contributed by atoms with Crippen molar-refractivity contribution in [2.45, 2.75) is 50.5 Å². The van der Waals surface area contributed by atoms with Crippen molar-refractivity contribution in [3.8, 4) is 5.75 Å². The first-order valence-electron chi connectivity index (χ1n) is 10.4. The average Bonchev–Trinajstić information content (AvgIpc) is 3.02. The lowest BCUT2D eigenvalue weighted by atomic mass is 9.69. The summed E-state index contributed by atoms with van der Waals surface area (Å²) >= 11 is 0. The van der Waals surface area contributed by atoms with Crippen LogP contribution in [0.15, 0.2) is 72.8 Å². The van der Waals surface area contributed by atoms with Crippen LogP contribution in [-0.2, 0) is 12.0 Å². The molecule has 0 bridgehead atoms. The molecule has 3 aromatic carbocycles. The SMILES string of the molecule is Fc1cccc(C2(c3ccc(OCc4ccccc4)cc3)CCCCCC2)c1F. The van der Waals surface area contributed by atoms with Gasteiger partial charge in [-0.15, -0.1) is 0 Å². The van der Waals surface area contributed by atoms with Crippen molar-refractivity contribution >= 4 is 0 Å². The third-order valence-corrected chi connectivity index (χ3v) is 6.08. The Morgan fingerprint density at radius 3 is 2.10 bits per heavy atom. The Morgan fingerprint density at radius 2 is 1.41 bits per heavy atom. The molecule has 0 N–H and O–H groups in total. The predicted octanol–water partition coefficient (Wildman–Crippen LogP) is 7.18. The lowest BCUT2D eigenvalue weighted by molar-refractivity contribution is 0.306. The molecule has 0 amide bonds. The summed E-state index contributed by atoms with van der Waals surface area (Å²) in [5, 5.41) is 0. The van der Waals surface area contributed by atoms with E-state index in [1.165, 1.54) is 6.07 Å². The van der Waals surface area contributed by atoms with E-state index in [0.717, 1.165) is 55.4 Å². The van der Waals surface area contributed by atoms with Crippen molar-refractivity contribution in [2.24, 2.45) is 0 Å². The maximum absolute atomic E-state index is 14.8. The largest absolute Gasteiger partial charge is 0.489 e. The van der Waals surface area contributed by atoms with E-state index < -0.39 is 17.0 Å².